The van der Waals surface area contributed by atoms with Crippen LogP contribution in [0.4, 0.5) is 0 Å². The van der Waals surface area contributed by atoms with Crippen molar-refractivity contribution in [2.75, 3.05) is 0 Å². The molecule has 3 aromatic heterocycles. The molecule has 3 aromatic rings. The van der Waals surface area contributed by atoms with Crippen LogP contribution in [0.1, 0.15) is 18.4 Å². The molecule has 0 fully saturated rings. The number of aromatic nitrogens is 6. The predicted molar refractivity (Wildman–Crippen MR) is 80.8 cm³/mol. The van der Waals surface area contributed by atoms with Crippen LogP contribution in [0, 0.1) is 0 Å². The highest BCUT2D eigenvalue weighted by Crippen LogP contribution is 2.20. The summed E-state index contributed by atoms with van der Waals surface area (Å²) in [6.45, 7) is 0. The second kappa shape index (κ2) is 6.74. The summed E-state index contributed by atoms with van der Waals surface area (Å²) >= 11 is 0. The lowest BCUT2D eigenvalue weighted by Crippen LogP contribution is -2.32. The zero-order chi connectivity index (χ0) is 17.9. The van der Waals surface area contributed by atoms with Crippen LogP contribution < -0.4 is 10.5 Å². The number of H-pyrrole nitrogens is 1. The summed E-state index contributed by atoms with van der Waals surface area (Å²) in [6.07, 6.45) is 6.32. The van der Waals surface area contributed by atoms with Gasteiger partial charge in [0.25, 0.3) is 10.0 Å². The van der Waals surface area contributed by atoms with Gasteiger partial charge in [-0.05, 0) is 0 Å². The third-order valence-corrected chi connectivity index (χ3v) is 4.35. The lowest BCUT2D eigenvalue weighted by Gasteiger charge is -2.12. The first-order chi connectivity index (χ1) is 12.0. The molecule has 130 valence electrons. The van der Waals surface area contributed by atoms with Crippen LogP contribution in [0.15, 0.2) is 40.7 Å². The van der Waals surface area contributed by atoms with Crippen molar-refractivity contribution in [3.63, 3.8) is 0 Å². The Hall–Kier alpha value is -3.19. The van der Waals surface area contributed by atoms with Gasteiger partial charge in [-0.2, -0.15) is 9.71 Å². The Morgan fingerprint density at radius 2 is 2.20 bits per heavy atom. The number of carbonyl (C=O) groups excluding carboxylic acids is 1. The molecule has 4 N–H and O–H groups in total. The van der Waals surface area contributed by atoms with Gasteiger partial charge in [-0.15, -0.1) is 0 Å². The third-order valence-electron chi connectivity index (χ3n) is 2.98. The SMILES string of the molecule is NC(=O)C[C@H](NS(=O)(=O)c1c[nH]cn1)c1nc(-c2cnccn2)no1. The molecule has 0 aliphatic rings. The molecule has 0 radical (unpaired) electrons. The van der Waals surface area contributed by atoms with E-state index in [-0.39, 0.29) is 23.2 Å². The normalized spacial score (nSPS) is 12.8. The third kappa shape index (κ3) is 3.84. The molecule has 3 heterocycles. The topological polar surface area (TPSA) is 183 Å². The largest absolute Gasteiger partial charge is 0.370 e. The van der Waals surface area contributed by atoms with Gasteiger partial charge in [0.2, 0.25) is 17.6 Å². The molecule has 25 heavy (non-hydrogen) atoms. The summed E-state index contributed by atoms with van der Waals surface area (Å²) in [5.41, 5.74) is 5.50. The van der Waals surface area contributed by atoms with E-state index in [0.29, 0.717) is 5.69 Å². The van der Waals surface area contributed by atoms with Crippen LogP contribution in [0.25, 0.3) is 11.5 Å². The van der Waals surface area contributed by atoms with Crippen molar-refractivity contribution in [3.8, 4) is 11.5 Å². The highest BCUT2D eigenvalue weighted by Gasteiger charge is 2.28. The van der Waals surface area contributed by atoms with E-state index in [2.05, 4.69) is 34.8 Å². The zero-order valence-corrected chi connectivity index (χ0v) is 13.3. The molecule has 0 spiro atoms. The van der Waals surface area contributed by atoms with Gasteiger partial charge in [0.1, 0.15) is 11.7 Å². The van der Waals surface area contributed by atoms with E-state index >= 15 is 0 Å². The van der Waals surface area contributed by atoms with Crippen molar-refractivity contribution in [3.05, 3.63) is 37.0 Å². The number of hydrogen-bond acceptors (Lipinski definition) is 9. The van der Waals surface area contributed by atoms with E-state index in [0.717, 1.165) is 0 Å². The summed E-state index contributed by atoms with van der Waals surface area (Å²) in [4.78, 5) is 29.4. The molecule has 12 nitrogen and oxygen atoms in total. The van der Waals surface area contributed by atoms with Crippen LogP contribution >= 0.6 is 0 Å². The highest BCUT2D eigenvalue weighted by atomic mass is 32.2. The molecule has 0 unspecified atom stereocenters. The minimum absolute atomic E-state index is 0.0940. The molecular formula is C12H12N8O4S. The van der Waals surface area contributed by atoms with Gasteiger partial charge in [0.15, 0.2) is 5.03 Å². The number of nitrogens with zero attached hydrogens (tertiary/aromatic N) is 5. The van der Waals surface area contributed by atoms with Crippen molar-refractivity contribution in [2.24, 2.45) is 5.73 Å². The maximum Gasteiger partial charge on any atom is 0.260 e. The van der Waals surface area contributed by atoms with Crippen molar-refractivity contribution in [1.29, 1.82) is 0 Å². The van der Waals surface area contributed by atoms with Crippen molar-refractivity contribution in [2.45, 2.75) is 17.5 Å². The maximum atomic E-state index is 12.3. The summed E-state index contributed by atoms with van der Waals surface area (Å²) in [6, 6.07) is -1.16. The van der Waals surface area contributed by atoms with Crippen LogP contribution in [0.2, 0.25) is 0 Å². The summed E-state index contributed by atoms with van der Waals surface area (Å²) < 4.78 is 31.9. The summed E-state index contributed by atoms with van der Waals surface area (Å²) in [5.74, 6) is -0.802. The van der Waals surface area contributed by atoms with Crippen molar-refractivity contribution >= 4 is 15.9 Å². The van der Waals surface area contributed by atoms with Crippen molar-refractivity contribution < 1.29 is 17.7 Å². The summed E-state index contributed by atoms with van der Waals surface area (Å²) in [5, 5.41) is 3.46. The second-order valence-corrected chi connectivity index (χ2v) is 6.46. The molecule has 1 atom stereocenters. The Bertz CT molecular complexity index is 954. The number of primary amides is 1. The van der Waals surface area contributed by atoms with Gasteiger partial charge in [-0.3, -0.25) is 9.78 Å². The van der Waals surface area contributed by atoms with Crippen LogP contribution in [-0.2, 0) is 14.8 Å². The Morgan fingerprint density at radius 3 is 2.84 bits per heavy atom. The monoisotopic (exact) mass is 364 g/mol. The number of rotatable bonds is 7. The van der Waals surface area contributed by atoms with Gasteiger partial charge in [-0.1, -0.05) is 5.16 Å². The molecule has 0 aromatic carbocycles. The highest BCUT2D eigenvalue weighted by molar-refractivity contribution is 7.89. The zero-order valence-electron chi connectivity index (χ0n) is 12.5. The fourth-order valence-electron chi connectivity index (χ4n) is 1.92. The van der Waals surface area contributed by atoms with Gasteiger partial charge in [0.05, 0.1) is 18.9 Å². The van der Waals surface area contributed by atoms with E-state index < -0.39 is 22.0 Å². The lowest BCUT2D eigenvalue weighted by molar-refractivity contribution is -0.118. The van der Waals surface area contributed by atoms with Gasteiger partial charge in [0, 0.05) is 18.6 Å². The second-order valence-electron chi connectivity index (χ2n) is 4.80. The van der Waals surface area contributed by atoms with E-state index in [1.807, 2.05) is 0 Å². The average Bonchev–Trinajstić information content (AvgIpc) is 3.27. The predicted octanol–water partition coefficient (Wildman–Crippen LogP) is -0.855. The Labute approximate surface area is 141 Å². The first-order valence-electron chi connectivity index (χ1n) is 6.85. The fourth-order valence-corrected chi connectivity index (χ4v) is 3.01. The Kier molecular flexibility index (Phi) is 4.49. The maximum absolute atomic E-state index is 12.3. The van der Waals surface area contributed by atoms with E-state index in [1.54, 1.807) is 0 Å². The number of amides is 1. The standard InChI is InChI=1S/C12H12N8O4S/c13-9(21)3-7(20-25(22,23)10-5-15-6-17-10)12-18-11(19-24-12)8-4-14-1-2-16-8/h1-2,4-7,20H,3H2,(H2,13,21)(H,15,17)/t7-/m0/s1. The quantitative estimate of drug-likeness (QED) is 0.480. The average molecular weight is 364 g/mol. The Balaban J connectivity index is 1.89. The van der Waals surface area contributed by atoms with Crippen LogP contribution in [-0.4, -0.2) is 44.4 Å². The molecule has 3 rings (SSSR count). The molecule has 0 aliphatic heterocycles. The van der Waals surface area contributed by atoms with E-state index in [4.69, 9.17) is 10.3 Å². The number of aromatic amines is 1. The Morgan fingerprint density at radius 1 is 1.36 bits per heavy atom. The molecule has 0 saturated carbocycles. The number of nitrogens with one attached hydrogen (secondary N) is 2. The van der Waals surface area contributed by atoms with E-state index in [9.17, 15) is 13.2 Å². The van der Waals surface area contributed by atoms with Gasteiger partial charge >= 0.3 is 0 Å². The number of imidazole rings is 1. The molecule has 1 amide bonds. The van der Waals surface area contributed by atoms with Gasteiger partial charge < -0.3 is 15.2 Å². The van der Waals surface area contributed by atoms with Crippen LogP contribution in [0.5, 0.6) is 0 Å². The molecule has 0 bridgehead atoms. The van der Waals surface area contributed by atoms with E-state index in [1.165, 1.54) is 31.1 Å². The first-order valence-corrected chi connectivity index (χ1v) is 8.33. The van der Waals surface area contributed by atoms with Gasteiger partial charge in [-0.25, -0.2) is 18.4 Å². The smallest absolute Gasteiger partial charge is 0.260 e. The summed E-state index contributed by atoms with van der Waals surface area (Å²) in [7, 11) is -4.02. The fraction of sp³-hybridized carbons (Fsp3) is 0.167. The minimum atomic E-state index is -4.02. The number of hydrogen-bond donors (Lipinski definition) is 3. The first kappa shape index (κ1) is 16.7. The number of sulfonamides is 1. The molecular weight excluding hydrogens is 352 g/mol. The minimum Gasteiger partial charge on any atom is -0.370 e. The molecule has 0 saturated heterocycles. The number of carbonyl (C=O) groups is 1. The van der Waals surface area contributed by atoms with Crippen molar-refractivity contribution in [1.82, 2.24) is 34.8 Å². The molecule has 13 heteroatoms. The van der Waals surface area contributed by atoms with Crippen LogP contribution in [0.3, 0.4) is 0 Å². The number of nitrogens with two attached hydrogens (primary N) is 1. The molecule has 0 aliphatic carbocycles. The lowest BCUT2D eigenvalue weighted by atomic mass is 10.2.